The van der Waals surface area contributed by atoms with Gasteiger partial charge >= 0.3 is 5.97 Å². The van der Waals surface area contributed by atoms with Crippen LogP contribution >= 0.6 is 0 Å². The highest BCUT2D eigenvalue weighted by Gasteiger charge is 2.04. The molecule has 1 amide bonds. The third kappa shape index (κ3) is 4.97. The number of carbonyl (C=O) groups excluding carboxylic acids is 1. The highest BCUT2D eigenvalue weighted by Crippen LogP contribution is 2.05. The number of aromatic carboxylic acids is 1. The van der Waals surface area contributed by atoms with Gasteiger partial charge in [0.25, 0.3) is 0 Å². The van der Waals surface area contributed by atoms with Gasteiger partial charge in [-0.25, -0.2) is 4.79 Å². The number of hydrogen-bond donors (Lipinski definition) is 3. The lowest BCUT2D eigenvalue weighted by atomic mass is 10.1. The van der Waals surface area contributed by atoms with Gasteiger partial charge in [0.05, 0.1) is 5.56 Å². The third-order valence-electron chi connectivity index (χ3n) is 2.49. The molecule has 0 saturated heterocycles. The van der Waals surface area contributed by atoms with E-state index in [4.69, 9.17) is 5.11 Å². The lowest BCUT2D eigenvalue weighted by Crippen LogP contribution is -2.23. The van der Waals surface area contributed by atoms with Crippen LogP contribution in [0.4, 0.5) is 0 Å². The Morgan fingerprint density at radius 2 is 2.11 bits per heavy atom. The zero-order valence-corrected chi connectivity index (χ0v) is 10.4. The minimum absolute atomic E-state index is 0.0222. The van der Waals surface area contributed by atoms with Crippen molar-refractivity contribution >= 4 is 11.9 Å². The Morgan fingerprint density at radius 3 is 2.78 bits per heavy atom. The fraction of sp³-hybridized carbons (Fsp3) is 0.385. The van der Waals surface area contributed by atoms with Gasteiger partial charge in [0.1, 0.15) is 0 Å². The predicted molar refractivity (Wildman–Crippen MR) is 68.4 cm³/mol. The fourth-order valence-electron chi connectivity index (χ4n) is 1.53. The Kier molecular flexibility index (Phi) is 5.87. The highest BCUT2D eigenvalue weighted by molar-refractivity contribution is 5.87. The summed E-state index contributed by atoms with van der Waals surface area (Å²) >= 11 is 0. The quantitative estimate of drug-likeness (QED) is 0.631. The number of benzene rings is 1. The first-order valence-corrected chi connectivity index (χ1v) is 5.87. The minimum atomic E-state index is -0.961. The molecule has 1 rings (SSSR count). The topological polar surface area (TPSA) is 78.4 Å². The lowest BCUT2D eigenvalue weighted by molar-refractivity contribution is -0.121. The summed E-state index contributed by atoms with van der Waals surface area (Å²) in [6, 6.07) is 6.56. The molecule has 18 heavy (non-hydrogen) atoms. The third-order valence-corrected chi connectivity index (χ3v) is 2.49. The van der Waals surface area contributed by atoms with Crippen LogP contribution in [0.2, 0.25) is 0 Å². The number of carboxylic acids is 1. The van der Waals surface area contributed by atoms with Gasteiger partial charge in [-0.1, -0.05) is 12.1 Å². The van der Waals surface area contributed by atoms with E-state index in [1.165, 1.54) is 6.07 Å². The van der Waals surface area contributed by atoms with Gasteiger partial charge in [-0.05, 0) is 37.7 Å². The van der Waals surface area contributed by atoms with Crippen molar-refractivity contribution in [2.75, 3.05) is 13.6 Å². The molecule has 0 radical (unpaired) electrons. The normalized spacial score (nSPS) is 10.1. The maximum atomic E-state index is 11.5. The van der Waals surface area contributed by atoms with E-state index in [2.05, 4.69) is 10.6 Å². The molecule has 0 aliphatic heterocycles. The van der Waals surface area contributed by atoms with Crippen LogP contribution in [-0.2, 0) is 11.3 Å². The van der Waals surface area contributed by atoms with Crippen molar-refractivity contribution < 1.29 is 14.7 Å². The molecule has 0 bridgehead atoms. The van der Waals surface area contributed by atoms with Crippen molar-refractivity contribution in [3.05, 3.63) is 35.4 Å². The molecule has 0 heterocycles. The summed E-state index contributed by atoms with van der Waals surface area (Å²) in [5, 5.41) is 14.6. The van der Waals surface area contributed by atoms with Gasteiger partial charge in [-0.15, -0.1) is 0 Å². The lowest BCUT2D eigenvalue weighted by Gasteiger charge is -2.06. The van der Waals surface area contributed by atoms with E-state index in [1.807, 2.05) is 7.05 Å². The number of rotatable bonds is 7. The summed E-state index contributed by atoms with van der Waals surface area (Å²) in [5.41, 5.74) is 1.02. The molecular formula is C13H18N2O3. The van der Waals surface area contributed by atoms with Crippen LogP contribution in [0.1, 0.15) is 28.8 Å². The van der Waals surface area contributed by atoms with Crippen molar-refractivity contribution in [2.24, 2.45) is 0 Å². The highest BCUT2D eigenvalue weighted by atomic mass is 16.4. The molecule has 1 aromatic carbocycles. The Morgan fingerprint density at radius 1 is 1.33 bits per heavy atom. The molecule has 0 unspecified atom stereocenters. The van der Waals surface area contributed by atoms with Gasteiger partial charge in [-0.2, -0.15) is 0 Å². The molecule has 0 saturated carbocycles. The second-order valence-electron chi connectivity index (χ2n) is 3.99. The van der Waals surface area contributed by atoms with Gasteiger partial charge in [0.2, 0.25) is 5.91 Å². The smallest absolute Gasteiger partial charge is 0.335 e. The van der Waals surface area contributed by atoms with Gasteiger partial charge in [-0.3, -0.25) is 4.79 Å². The first kappa shape index (κ1) is 14.2. The number of carboxylic acid groups (broad SMARTS) is 1. The average Bonchev–Trinajstić information content (AvgIpc) is 2.37. The first-order chi connectivity index (χ1) is 8.63. The van der Waals surface area contributed by atoms with Crippen LogP contribution in [0.25, 0.3) is 0 Å². The Balaban J connectivity index is 2.41. The molecular weight excluding hydrogens is 232 g/mol. The van der Waals surface area contributed by atoms with E-state index in [-0.39, 0.29) is 11.5 Å². The van der Waals surface area contributed by atoms with Crippen LogP contribution < -0.4 is 10.6 Å². The van der Waals surface area contributed by atoms with E-state index >= 15 is 0 Å². The molecule has 98 valence electrons. The Labute approximate surface area is 106 Å². The number of hydrogen-bond acceptors (Lipinski definition) is 3. The predicted octanol–water partition coefficient (Wildman–Crippen LogP) is 1.00. The SMILES string of the molecule is CNCCCC(=O)NCc1cccc(C(=O)O)c1. The van der Waals surface area contributed by atoms with E-state index in [0.717, 1.165) is 18.5 Å². The Bertz CT molecular complexity index is 418. The first-order valence-electron chi connectivity index (χ1n) is 5.87. The van der Waals surface area contributed by atoms with Crippen LogP contribution in [0.5, 0.6) is 0 Å². The zero-order chi connectivity index (χ0) is 13.4. The molecule has 1 aromatic rings. The van der Waals surface area contributed by atoms with Crippen molar-refractivity contribution in [1.82, 2.24) is 10.6 Å². The van der Waals surface area contributed by atoms with Crippen molar-refractivity contribution in [2.45, 2.75) is 19.4 Å². The van der Waals surface area contributed by atoms with Gasteiger partial charge in [0.15, 0.2) is 0 Å². The van der Waals surface area contributed by atoms with Crippen molar-refractivity contribution in [1.29, 1.82) is 0 Å². The van der Waals surface area contributed by atoms with Gasteiger partial charge in [0, 0.05) is 13.0 Å². The molecule has 0 fully saturated rings. The van der Waals surface area contributed by atoms with Gasteiger partial charge < -0.3 is 15.7 Å². The molecule has 0 spiro atoms. The second-order valence-corrected chi connectivity index (χ2v) is 3.99. The summed E-state index contributed by atoms with van der Waals surface area (Å²) in [4.78, 5) is 22.2. The molecule has 0 aliphatic rings. The largest absolute Gasteiger partial charge is 0.478 e. The van der Waals surface area contributed by atoms with E-state index in [0.29, 0.717) is 13.0 Å². The van der Waals surface area contributed by atoms with Crippen LogP contribution in [0.15, 0.2) is 24.3 Å². The number of carbonyl (C=O) groups is 2. The van der Waals surface area contributed by atoms with E-state index < -0.39 is 5.97 Å². The molecule has 0 aliphatic carbocycles. The summed E-state index contributed by atoms with van der Waals surface area (Å²) in [7, 11) is 1.84. The summed E-state index contributed by atoms with van der Waals surface area (Å²) < 4.78 is 0. The van der Waals surface area contributed by atoms with Crippen molar-refractivity contribution in [3.8, 4) is 0 Å². The Hall–Kier alpha value is -1.88. The standard InChI is InChI=1S/C13H18N2O3/c1-14-7-3-6-12(16)15-9-10-4-2-5-11(8-10)13(17)18/h2,4-5,8,14H,3,6-7,9H2,1H3,(H,15,16)(H,17,18). The molecule has 5 nitrogen and oxygen atoms in total. The van der Waals surface area contributed by atoms with Crippen molar-refractivity contribution in [3.63, 3.8) is 0 Å². The monoisotopic (exact) mass is 250 g/mol. The zero-order valence-electron chi connectivity index (χ0n) is 10.4. The fourth-order valence-corrected chi connectivity index (χ4v) is 1.53. The second kappa shape index (κ2) is 7.45. The molecule has 5 heteroatoms. The summed E-state index contributed by atoms with van der Waals surface area (Å²) in [6.45, 7) is 1.17. The average molecular weight is 250 g/mol. The molecule has 0 aromatic heterocycles. The number of nitrogens with one attached hydrogen (secondary N) is 2. The van der Waals surface area contributed by atoms with Crippen LogP contribution in [-0.4, -0.2) is 30.6 Å². The summed E-state index contributed by atoms with van der Waals surface area (Å²) in [5.74, 6) is -0.983. The summed E-state index contributed by atoms with van der Waals surface area (Å²) in [6.07, 6.45) is 1.26. The molecule has 3 N–H and O–H groups in total. The van der Waals surface area contributed by atoms with Crippen LogP contribution in [0, 0.1) is 0 Å². The molecule has 0 atom stereocenters. The van der Waals surface area contributed by atoms with Crippen LogP contribution in [0.3, 0.4) is 0 Å². The van der Waals surface area contributed by atoms with E-state index in [9.17, 15) is 9.59 Å². The van der Waals surface area contributed by atoms with E-state index in [1.54, 1.807) is 18.2 Å². The number of amides is 1. The maximum Gasteiger partial charge on any atom is 0.335 e. The maximum absolute atomic E-state index is 11.5. The minimum Gasteiger partial charge on any atom is -0.478 e.